The molecule has 9 nitrogen and oxygen atoms in total. The number of tetrazole rings is 1. The lowest BCUT2D eigenvalue weighted by molar-refractivity contribution is 0.0982. The Bertz CT molecular complexity index is 1500. The van der Waals surface area contributed by atoms with Crippen molar-refractivity contribution >= 4 is 10.9 Å². The van der Waals surface area contributed by atoms with Gasteiger partial charge in [0, 0.05) is 43.8 Å². The molecule has 9 heteroatoms. The maximum absolute atomic E-state index is 13.6. The zero-order chi connectivity index (χ0) is 27.5. The maximum Gasteiger partial charge on any atom is 0.253 e. The molecule has 4 aromatic rings. The fourth-order valence-electron chi connectivity index (χ4n) is 6.37. The van der Waals surface area contributed by atoms with Gasteiger partial charge in [0.2, 0.25) is 0 Å². The average Bonchev–Trinajstić information content (AvgIpc) is 3.48. The second kappa shape index (κ2) is 11.9. The van der Waals surface area contributed by atoms with Crippen molar-refractivity contribution in [3.8, 4) is 5.75 Å². The van der Waals surface area contributed by atoms with Crippen LogP contribution in [0.5, 0.6) is 5.75 Å². The third-order valence-corrected chi connectivity index (χ3v) is 8.64. The summed E-state index contributed by atoms with van der Waals surface area (Å²) < 4.78 is 7.45. The summed E-state index contributed by atoms with van der Waals surface area (Å²) in [6, 6.07) is 16.6. The maximum atomic E-state index is 13.6. The molecule has 6 rings (SSSR count). The summed E-state index contributed by atoms with van der Waals surface area (Å²) >= 11 is 0. The molecule has 1 aliphatic carbocycles. The number of fused-ring (bicyclic) bond motifs is 1. The highest BCUT2D eigenvalue weighted by atomic mass is 16.5. The third kappa shape index (κ3) is 5.53. The van der Waals surface area contributed by atoms with Crippen LogP contribution in [0.3, 0.4) is 0 Å². The van der Waals surface area contributed by atoms with E-state index in [0.29, 0.717) is 5.56 Å². The molecule has 0 unspecified atom stereocenters. The van der Waals surface area contributed by atoms with Crippen LogP contribution >= 0.6 is 0 Å². The highest BCUT2D eigenvalue weighted by Gasteiger charge is 2.34. The van der Waals surface area contributed by atoms with E-state index in [4.69, 9.17) is 4.74 Å². The molecule has 40 heavy (non-hydrogen) atoms. The Morgan fingerprint density at radius 2 is 1.82 bits per heavy atom. The predicted octanol–water partition coefficient (Wildman–Crippen LogP) is 4.50. The summed E-state index contributed by atoms with van der Waals surface area (Å²) in [6.07, 6.45) is 6.74. The summed E-state index contributed by atoms with van der Waals surface area (Å²) in [7, 11) is 1.70. The van der Waals surface area contributed by atoms with Crippen LogP contribution in [-0.2, 0) is 13.0 Å². The number of nitrogens with zero attached hydrogens (tertiary/aromatic N) is 6. The first-order valence-corrected chi connectivity index (χ1v) is 14.7. The summed E-state index contributed by atoms with van der Waals surface area (Å²) in [6.45, 7) is 6.44. The van der Waals surface area contributed by atoms with Gasteiger partial charge in [-0.1, -0.05) is 44.4 Å². The Labute approximate surface area is 235 Å². The number of aromatic nitrogens is 5. The smallest absolute Gasteiger partial charge is 0.253 e. The highest BCUT2D eigenvalue weighted by molar-refractivity contribution is 5.80. The third-order valence-electron chi connectivity index (χ3n) is 8.64. The number of H-pyrrole nitrogens is 1. The Morgan fingerprint density at radius 3 is 2.60 bits per heavy atom. The number of pyridine rings is 1. The molecule has 210 valence electrons. The minimum absolute atomic E-state index is 0.0706. The zero-order valence-electron chi connectivity index (χ0n) is 23.6. The minimum Gasteiger partial charge on any atom is -0.497 e. The van der Waals surface area contributed by atoms with Crippen LogP contribution in [0.15, 0.2) is 53.3 Å². The number of hydrogen-bond donors (Lipinski definition) is 1. The molecule has 1 saturated carbocycles. The van der Waals surface area contributed by atoms with Crippen molar-refractivity contribution < 1.29 is 4.74 Å². The number of piperazine rings is 1. The van der Waals surface area contributed by atoms with E-state index < -0.39 is 0 Å². The van der Waals surface area contributed by atoms with E-state index in [9.17, 15) is 4.79 Å². The summed E-state index contributed by atoms with van der Waals surface area (Å²) in [4.78, 5) is 21.7. The number of aromatic amines is 1. The standard InChI is InChI=1S/C31H39N7O2/c1-3-22-12-13-28-24(18-22)20-27(31(39)32-28)29(30-33-34-35-38(30)25-9-5-4-6-10-25)37-16-14-36(15-17-37)21-23-8-7-11-26(19-23)40-2/h7-8,11-13,18-20,25,29H,3-6,9-10,14-17,21H2,1-2H3,(H,32,39)/t29-/m0/s1. The van der Waals surface area contributed by atoms with Gasteiger partial charge in [0.25, 0.3) is 5.56 Å². The lowest BCUT2D eigenvalue weighted by atomic mass is 9.95. The molecule has 2 aromatic heterocycles. The molecule has 2 aromatic carbocycles. The van der Waals surface area contributed by atoms with E-state index >= 15 is 0 Å². The van der Waals surface area contributed by atoms with Crippen LogP contribution in [-0.4, -0.2) is 68.3 Å². The fraction of sp³-hybridized carbons (Fsp3) is 0.484. The molecule has 1 atom stereocenters. The van der Waals surface area contributed by atoms with E-state index in [1.165, 1.54) is 30.4 Å². The molecule has 0 amide bonds. The van der Waals surface area contributed by atoms with Crippen LogP contribution in [0, 0.1) is 0 Å². The lowest BCUT2D eigenvalue weighted by Crippen LogP contribution is -2.48. The molecule has 0 bridgehead atoms. The molecule has 0 spiro atoms. The second-order valence-electron chi connectivity index (χ2n) is 11.2. The van der Waals surface area contributed by atoms with Gasteiger partial charge >= 0.3 is 0 Å². The van der Waals surface area contributed by atoms with Gasteiger partial charge in [-0.2, -0.15) is 0 Å². The first kappa shape index (κ1) is 26.7. The van der Waals surface area contributed by atoms with Crippen molar-refractivity contribution in [2.45, 2.75) is 64.1 Å². The number of rotatable bonds is 8. The summed E-state index contributed by atoms with van der Waals surface area (Å²) in [5.41, 5.74) is 4.00. The van der Waals surface area contributed by atoms with Crippen molar-refractivity contribution in [2.24, 2.45) is 0 Å². The first-order valence-electron chi connectivity index (χ1n) is 14.7. The zero-order valence-corrected chi connectivity index (χ0v) is 23.6. The predicted molar refractivity (Wildman–Crippen MR) is 156 cm³/mol. The van der Waals surface area contributed by atoms with Crippen LogP contribution in [0.25, 0.3) is 10.9 Å². The van der Waals surface area contributed by atoms with E-state index in [0.717, 1.165) is 74.5 Å². The Balaban J connectivity index is 1.33. The first-order chi connectivity index (χ1) is 19.6. The van der Waals surface area contributed by atoms with E-state index in [2.05, 4.69) is 67.6 Å². The second-order valence-corrected chi connectivity index (χ2v) is 11.2. The van der Waals surface area contributed by atoms with E-state index in [-0.39, 0.29) is 17.6 Å². The average molecular weight is 542 g/mol. The molecule has 2 aliphatic rings. The van der Waals surface area contributed by atoms with Crippen LogP contribution in [0.4, 0.5) is 0 Å². The monoisotopic (exact) mass is 541 g/mol. The van der Waals surface area contributed by atoms with Gasteiger partial charge in [0.15, 0.2) is 5.82 Å². The van der Waals surface area contributed by atoms with Crippen LogP contribution < -0.4 is 10.3 Å². The number of methoxy groups -OCH3 is 1. The van der Waals surface area contributed by atoms with E-state index in [1.807, 2.05) is 22.9 Å². The van der Waals surface area contributed by atoms with Crippen molar-refractivity contribution in [3.63, 3.8) is 0 Å². The van der Waals surface area contributed by atoms with Crippen LogP contribution in [0.1, 0.15) is 73.6 Å². The van der Waals surface area contributed by atoms with Gasteiger partial charge in [-0.15, -0.1) is 5.10 Å². The van der Waals surface area contributed by atoms with Gasteiger partial charge in [-0.3, -0.25) is 14.6 Å². The number of hydrogen-bond acceptors (Lipinski definition) is 7. The number of ether oxygens (including phenoxy) is 1. The number of nitrogens with one attached hydrogen (secondary N) is 1. The molecule has 1 N–H and O–H groups in total. The Kier molecular flexibility index (Phi) is 7.93. The van der Waals surface area contributed by atoms with Crippen molar-refractivity contribution in [3.05, 3.63) is 81.4 Å². The normalized spacial score (nSPS) is 18.2. The van der Waals surface area contributed by atoms with Gasteiger partial charge in [0.05, 0.1) is 13.2 Å². The number of aryl methyl sites for hydroxylation is 1. The largest absolute Gasteiger partial charge is 0.497 e. The minimum atomic E-state index is -0.311. The van der Waals surface area contributed by atoms with Crippen molar-refractivity contribution in [1.82, 2.24) is 35.0 Å². The van der Waals surface area contributed by atoms with Gasteiger partial charge < -0.3 is 9.72 Å². The number of benzene rings is 2. The summed E-state index contributed by atoms with van der Waals surface area (Å²) in [5, 5.41) is 14.3. The van der Waals surface area contributed by atoms with Crippen molar-refractivity contribution in [2.75, 3.05) is 33.3 Å². The van der Waals surface area contributed by atoms with Crippen molar-refractivity contribution in [1.29, 1.82) is 0 Å². The van der Waals surface area contributed by atoms with E-state index in [1.54, 1.807) is 7.11 Å². The molecular formula is C31H39N7O2. The fourth-order valence-corrected chi connectivity index (χ4v) is 6.37. The molecule has 1 saturated heterocycles. The molecule has 0 radical (unpaired) electrons. The molecule has 3 heterocycles. The molecule has 1 aliphatic heterocycles. The van der Waals surface area contributed by atoms with Gasteiger partial charge in [-0.05, 0) is 76.5 Å². The van der Waals surface area contributed by atoms with Crippen LogP contribution in [0.2, 0.25) is 0 Å². The topological polar surface area (TPSA) is 92.2 Å². The quantitative estimate of drug-likeness (QED) is 0.351. The van der Waals surface area contributed by atoms with Gasteiger partial charge in [-0.25, -0.2) is 4.68 Å². The highest BCUT2D eigenvalue weighted by Crippen LogP contribution is 2.33. The Hall–Kier alpha value is -3.56. The van der Waals surface area contributed by atoms with Gasteiger partial charge in [0.1, 0.15) is 11.8 Å². The summed E-state index contributed by atoms with van der Waals surface area (Å²) in [5.74, 6) is 1.66. The SMILES string of the molecule is CCc1ccc2[nH]c(=O)c([C@@H](c3nnnn3C3CCCCC3)N3CCN(Cc4cccc(OC)c4)CC3)cc2c1. The Morgan fingerprint density at radius 1 is 1.00 bits per heavy atom. The lowest BCUT2D eigenvalue weighted by Gasteiger charge is -2.39. The molecule has 2 fully saturated rings. The molecular weight excluding hydrogens is 502 g/mol.